The van der Waals surface area contributed by atoms with E-state index in [4.69, 9.17) is 9.47 Å². The molecule has 0 bridgehead atoms. The van der Waals surface area contributed by atoms with Gasteiger partial charge in [0.15, 0.2) is 6.23 Å². The van der Waals surface area contributed by atoms with Gasteiger partial charge in [-0.25, -0.2) is 4.79 Å². The van der Waals surface area contributed by atoms with E-state index in [1.54, 1.807) is 4.90 Å². The maximum Gasteiger partial charge on any atom is 0.408 e. The number of alkyl carbamates (subject to hydrolysis) is 1. The van der Waals surface area contributed by atoms with Gasteiger partial charge in [-0.05, 0) is 25.3 Å². The van der Waals surface area contributed by atoms with Crippen molar-refractivity contribution in [1.29, 1.82) is 0 Å². The van der Waals surface area contributed by atoms with Gasteiger partial charge in [0, 0.05) is 13.0 Å². The van der Waals surface area contributed by atoms with Crippen LogP contribution in [-0.4, -0.2) is 87.9 Å². The van der Waals surface area contributed by atoms with Gasteiger partial charge in [0.05, 0.1) is 6.61 Å². The number of carbonyl (C=O) groups excluding carboxylic acids is 3. The Hall–Kier alpha value is -2.73. The molecule has 0 radical (unpaired) electrons. The van der Waals surface area contributed by atoms with E-state index in [0.29, 0.717) is 13.0 Å². The Labute approximate surface area is 364 Å². The van der Waals surface area contributed by atoms with Gasteiger partial charge >= 0.3 is 6.09 Å². The lowest BCUT2D eigenvalue weighted by Crippen LogP contribution is -2.69. The van der Waals surface area contributed by atoms with Crippen molar-refractivity contribution in [1.82, 2.24) is 15.5 Å². The van der Waals surface area contributed by atoms with E-state index in [2.05, 4.69) is 24.5 Å². The number of carbonyl (C=O) groups is 3. The first-order valence-electron chi connectivity index (χ1n) is 24.4. The summed E-state index contributed by atoms with van der Waals surface area (Å²) in [5, 5.41) is 37.6. The Morgan fingerprint density at radius 2 is 1.12 bits per heavy atom. The van der Waals surface area contributed by atoms with Crippen LogP contribution in [0.5, 0.6) is 0 Å². The second kappa shape index (κ2) is 34.8. The van der Waals surface area contributed by atoms with Crippen molar-refractivity contribution in [3.63, 3.8) is 0 Å². The fourth-order valence-electron chi connectivity index (χ4n) is 8.12. The summed E-state index contributed by atoms with van der Waals surface area (Å²) in [5.41, 5.74) is 0.796. The first-order chi connectivity index (χ1) is 29.2. The van der Waals surface area contributed by atoms with Crippen LogP contribution in [0.1, 0.15) is 206 Å². The quantitative estimate of drug-likeness (QED) is 0.0418. The van der Waals surface area contributed by atoms with Crippen LogP contribution in [0.2, 0.25) is 0 Å². The summed E-state index contributed by atoms with van der Waals surface area (Å²) in [7, 11) is 0. The number of nitrogens with one attached hydrogen (secondary N) is 2. The second-order valence-electron chi connectivity index (χ2n) is 17.4. The molecule has 0 spiro atoms. The number of amides is 3. The number of aliphatic hydroxyl groups is 3. The highest BCUT2D eigenvalue weighted by Gasteiger charge is 2.48. The number of unbranched alkanes of at least 4 members (excludes halogenated alkanes) is 25. The third kappa shape index (κ3) is 23.5. The Morgan fingerprint density at radius 1 is 0.667 bits per heavy atom. The minimum absolute atomic E-state index is 0.0303. The van der Waals surface area contributed by atoms with Crippen LogP contribution in [-0.2, 0) is 25.7 Å². The summed E-state index contributed by atoms with van der Waals surface area (Å²) in [4.78, 5) is 41.7. The van der Waals surface area contributed by atoms with Crippen molar-refractivity contribution < 1.29 is 39.2 Å². The number of hydrogen-bond acceptors (Lipinski definition) is 8. The van der Waals surface area contributed by atoms with Gasteiger partial charge in [0.2, 0.25) is 11.8 Å². The lowest BCUT2D eigenvalue weighted by molar-refractivity contribution is -0.231. The molecule has 60 heavy (non-hydrogen) atoms. The van der Waals surface area contributed by atoms with Crippen LogP contribution >= 0.6 is 0 Å². The average molecular weight is 846 g/mol. The first-order valence-corrected chi connectivity index (χ1v) is 24.4. The van der Waals surface area contributed by atoms with Crippen molar-refractivity contribution in [3.05, 3.63) is 35.9 Å². The maximum atomic E-state index is 14.0. The highest BCUT2D eigenvalue weighted by Crippen LogP contribution is 2.26. The van der Waals surface area contributed by atoms with Crippen LogP contribution in [0, 0.1) is 0 Å². The molecule has 5 N–H and O–H groups in total. The Morgan fingerprint density at radius 3 is 1.58 bits per heavy atom. The molecule has 0 unspecified atom stereocenters. The molecule has 1 aromatic carbocycles. The third-order valence-electron chi connectivity index (χ3n) is 12.0. The van der Waals surface area contributed by atoms with Gasteiger partial charge in [-0.3, -0.25) is 9.59 Å². The molecular formula is C49H87N3O8. The summed E-state index contributed by atoms with van der Waals surface area (Å²) < 4.78 is 11.5. The molecule has 0 aliphatic carbocycles. The molecule has 6 atom stereocenters. The largest absolute Gasteiger partial charge is 0.445 e. The normalized spacial score (nSPS) is 19.5. The van der Waals surface area contributed by atoms with Crippen LogP contribution in [0.3, 0.4) is 0 Å². The van der Waals surface area contributed by atoms with Gasteiger partial charge < -0.3 is 40.3 Å². The average Bonchev–Trinajstić information content (AvgIpc) is 3.25. The summed E-state index contributed by atoms with van der Waals surface area (Å²) in [6.45, 7) is 5.80. The molecule has 11 nitrogen and oxygen atoms in total. The minimum Gasteiger partial charge on any atom is -0.445 e. The van der Waals surface area contributed by atoms with Crippen molar-refractivity contribution in [2.75, 3.05) is 13.2 Å². The van der Waals surface area contributed by atoms with Crippen molar-refractivity contribution in [2.24, 2.45) is 0 Å². The number of aliphatic hydroxyl groups excluding tert-OH is 3. The zero-order valence-electron chi connectivity index (χ0n) is 38.1. The monoisotopic (exact) mass is 846 g/mol. The Bertz CT molecular complexity index is 1220. The first kappa shape index (κ1) is 53.4. The molecule has 1 fully saturated rings. The molecule has 346 valence electrons. The molecule has 1 heterocycles. The highest BCUT2D eigenvalue weighted by molar-refractivity contribution is 5.85. The molecule has 3 amide bonds. The topological polar surface area (TPSA) is 158 Å². The molecular weight excluding hydrogens is 759 g/mol. The van der Waals surface area contributed by atoms with E-state index in [0.717, 1.165) is 56.9 Å². The Kier molecular flexibility index (Phi) is 31.0. The Balaban J connectivity index is 1.96. The lowest BCUT2D eigenvalue weighted by Gasteiger charge is -2.47. The predicted octanol–water partition coefficient (Wildman–Crippen LogP) is 10.0. The number of hydrogen-bond donors (Lipinski definition) is 5. The summed E-state index contributed by atoms with van der Waals surface area (Å²) in [5.74, 6) is -0.785. The number of benzene rings is 1. The van der Waals surface area contributed by atoms with E-state index in [1.165, 1.54) is 129 Å². The molecule has 0 aromatic heterocycles. The number of nitrogens with zero attached hydrogens (tertiary/aromatic N) is 1. The van der Waals surface area contributed by atoms with Gasteiger partial charge in [-0.1, -0.05) is 205 Å². The van der Waals surface area contributed by atoms with Crippen LogP contribution in [0.4, 0.5) is 4.79 Å². The van der Waals surface area contributed by atoms with Crippen molar-refractivity contribution in [2.45, 2.75) is 244 Å². The predicted molar refractivity (Wildman–Crippen MR) is 241 cm³/mol. The molecule has 11 heteroatoms. The van der Waals surface area contributed by atoms with E-state index >= 15 is 0 Å². The molecule has 1 aliphatic heterocycles. The molecule has 2 rings (SSSR count). The van der Waals surface area contributed by atoms with Crippen LogP contribution < -0.4 is 10.6 Å². The fraction of sp³-hybridized carbons (Fsp3) is 0.816. The smallest absolute Gasteiger partial charge is 0.408 e. The maximum absolute atomic E-state index is 14.0. The fourth-order valence-corrected chi connectivity index (χ4v) is 8.12. The van der Waals surface area contributed by atoms with E-state index in [1.807, 2.05) is 30.3 Å². The number of ether oxygens (including phenoxy) is 2. The van der Waals surface area contributed by atoms with Gasteiger partial charge in [0.25, 0.3) is 0 Å². The second-order valence-corrected chi connectivity index (χ2v) is 17.4. The summed E-state index contributed by atoms with van der Waals surface area (Å²) in [6.07, 6.45) is 26.7. The summed E-state index contributed by atoms with van der Waals surface area (Å²) in [6, 6.07) is 6.91. The van der Waals surface area contributed by atoms with E-state index in [-0.39, 0.29) is 12.5 Å². The van der Waals surface area contributed by atoms with Gasteiger partial charge in [0.1, 0.15) is 37.0 Å². The highest BCUT2D eigenvalue weighted by atomic mass is 16.6. The van der Waals surface area contributed by atoms with Crippen molar-refractivity contribution >= 4 is 17.9 Å². The SMILES string of the molecule is CCCCCCCCCCCCCCCCCC(=O)N(CCCCCCCCCCCCCC)[C@@H]1O[C@H](CO)[C@@H](O)[C@H](O)[C@H]1NC(=O)[C@@H](C)NC(=O)OCc1ccccc1. The van der Waals surface area contributed by atoms with E-state index < -0.39 is 55.2 Å². The van der Waals surface area contributed by atoms with Crippen LogP contribution in [0.25, 0.3) is 0 Å². The minimum atomic E-state index is -1.54. The van der Waals surface area contributed by atoms with E-state index in [9.17, 15) is 29.7 Å². The van der Waals surface area contributed by atoms with Gasteiger partial charge in [-0.15, -0.1) is 0 Å². The van der Waals surface area contributed by atoms with Crippen molar-refractivity contribution in [3.8, 4) is 0 Å². The van der Waals surface area contributed by atoms with Crippen LogP contribution in [0.15, 0.2) is 30.3 Å². The van der Waals surface area contributed by atoms with Gasteiger partial charge in [-0.2, -0.15) is 0 Å². The molecule has 1 aliphatic rings. The molecule has 0 saturated carbocycles. The number of rotatable bonds is 36. The molecule has 1 saturated heterocycles. The standard InChI is InChI=1S/C49H87N3O8/c1-4-6-8-10-12-14-16-18-19-20-21-23-25-27-32-36-43(54)52(37-33-28-26-24-22-17-15-13-11-9-7-5-2)48-44(46(56)45(55)42(38-53)60-48)51-47(57)40(3)50-49(58)59-39-41-34-30-29-31-35-41/h29-31,34-35,40,42,44-46,48,53,55-56H,4-28,32-33,36-39H2,1-3H3,(H,50,58)(H,51,57)/t40-,42-,44-,45-,46-,48-/m1/s1. The molecule has 1 aromatic rings. The zero-order valence-corrected chi connectivity index (χ0v) is 38.1. The third-order valence-corrected chi connectivity index (χ3v) is 12.0. The summed E-state index contributed by atoms with van der Waals surface area (Å²) >= 11 is 0. The zero-order chi connectivity index (χ0) is 43.6. The lowest BCUT2D eigenvalue weighted by atomic mass is 9.94.